The Hall–Kier alpha value is -3.34. The zero-order chi connectivity index (χ0) is 22.5. The molecule has 1 saturated heterocycles. The van der Waals surface area contributed by atoms with Gasteiger partial charge in [-0.15, -0.1) is 0 Å². The largest absolute Gasteiger partial charge is 0.441 e. The molecule has 1 amide bonds. The summed E-state index contributed by atoms with van der Waals surface area (Å²) in [6.45, 7) is 8.40. The predicted octanol–water partition coefficient (Wildman–Crippen LogP) is 4.41. The van der Waals surface area contributed by atoms with Gasteiger partial charge in [0.1, 0.15) is 5.60 Å². The molecule has 8 nitrogen and oxygen atoms in total. The number of carbonyl (C=O) groups is 1. The van der Waals surface area contributed by atoms with Gasteiger partial charge in [0.25, 0.3) is 0 Å². The van der Waals surface area contributed by atoms with Crippen molar-refractivity contribution in [3.8, 4) is 6.07 Å². The summed E-state index contributed by atoms with van der Waals surface area (Å²) in [5, 5.41) is 13.7. The molecule has 8 heteroatoms. The van der Waals surface area contributed by atoms with Gasteiger partial charge in [-0.3, -0.25) is 9.58 Å². The Balaban J connectivity index is 1.40. The topological polar surface area (TPSA) is 89.0 Å². The second kappa shape index (κ2) is 7.37. The van der Waals surface area contributed by atoms with Crippen LogP contribution in [0.4, 0.5) is 10.5 Å². The van der Waals surface area contributed by atoms with Gasteiger partial charge in [-0.1, -0.05) is 6.92 Å². The minimum absolute atomic E-state index is 0.0482. The molecule has 0 bridgehead atoms. The first-order valence-electron chi connectivity index (χ1n) is 11.2. The van der Waals surface area contributed by atoms with Crippen LogP contribution in [-0.2, 0) is 17.8 Å². The molecule has 2 aromatic heterocycles. The second-order valence-electron chi connectivity index (χ2n) is 9.60. The predicted molar refractivity (Wildman–Crippen MR) is 120 cm³/mol. The van der Waals surface area contributed by atoms with Gasteiger partial charge in [0.15, 0.2) is 0 Å². The van der Waals surface area contributed by atoms with Crippen molar-refractivity contribution in [2.24, 2.45) is 5.41 Å². The van der Waals surface area contributed by atoms with Crippen LogP contribution in [0.15, 0.2) is 30.7 Å². The number of aromatic nitrogens is 4. The molecule has 32 heavy (non-hydrogen) atoms. The van der Waals surface area contributed by atoms with E-state index in [2.05, 4.69) is 27.6 Å². The summed E-state index contributed by atoms with van der Waals surface area (Å²) in [7, 11) is 0. The average molecular weight is 433 g/mol. The van der Waals surface area contributed by atoms with Crippen molar-refractivity contribution in [2.45, 2.75) is 65.1 Å². The van der Waals surface area contributed by atoms with E-state index in [1.54, 1.807) is 17.2 Å². The number of fused-ring (bicyclic) bond motifs is 1. The van der Waals surface area contributed by atoms with Crippen molar-refractivity contribution < 1.29 is 9.53 Å². The number of hydrogen-bond donors (Lipinski definition) is 0. The van der Waals surface area contributed by atoms with Crippen LogP contribution in [0.5, 0.6) is 0 Å². The summed E-state index contributed by atoms with van der Waals surface area (Å²) in [6, 6.07) is 7.80. The lowest BCUT2D eigenvalue weighted by Gasteiger charge is -2.43. The van der Waals surface area contributed by atoms with Gasteiger partial charge in [0.05, 0.1) is 53.1 Å². The van der Waals surface area contributed by atoms with E-state index in [4.69, 9.17) is 4.74 Å². The monoisotopic (exact) mass is 432 g/mol. The van der Waals surface area contributed by atoms with E-state index in [1.807, 2.05) is 37.0 Å². The molecule has 1 spiro atoms. The van der Waals surface area contributed by atoms with Gasteiger partial charge in [0.2, 0.25) is 0 Å². The Morgan fingerprint density at radius 2 is 2.16 bits per heavy atom. The molecule has 5 rings (SSSR count). The first-order chi connectivity index (χ1) is 15.4. The van der Waals surface area contributed by atoms with E-state index in [0.717, 1.165) is 61.2 Å². The number of hydrogen-bond acceptors (Lipinski definition) is 5. The maximum Gasteiger partial charge on any atom is 0.415 e. The fourth-order valence-corrected chi connectivity index (χ4v) is 5.64. The van der Waals surface area contributed by atoms with Crippen LogP contribution >= 0.6 is 0 Å². The molecule has 1 saturated carbocycles. The van der Waals surface area contributed by atoms with Crippen molar-refractivity contribution in [2.75, 3.05) is 11.4 Å². The fourth-order valence-electron chi connectivity index (χ4n) is 5.64. The zero-order valence-electron chi connectivity index (χ0n) is 18.8. The van der Waals surface area contributed by atoms with Crippen molar-refractivity contribution >= 4 is 22.8 Å². The van der Waals surface area contributed by atoms with E-state index >= 15 is 0 Å². The Bertz CT molecular complexity index is 1240. The second-order valence-corrected chi connectivity index (χ2v) is 9.60. The molecule has 0 radical (unpaired) electrons. The highest BCUT2D eigenvalue weighted by Gasteiger charge is 2.52. The molecule has 2 atom stereocenters. The van der Waals surface area contributed by atoms with E-state index in [9.17, 15) is 10.1 Å². The van der Waals surface area contributed by atoms with E-state index in [1.165, 1.54) is 0 Å². The summed E-state index contributed by atoms with van der Waals surface area (Å²) < 4.78 is 10.1. The van der Waals surface area contributed by atoms with Crippen molar-refractivity contribution in [3.05, 3.63) is 42.0 Å². The van der Waals surface area contributed by atoms with Crippen molar-refractivity contribution in [3.63, 3.8) is 0 Å². The lowest BCUT2D eigenvalue weighted by Crippen LogP contribution is -2.45. The summed E-state index contributed by atoms with van der Waals surface area (Å²) in [5.41, 5.74) is 3.78. The summed E-state index contributed by atoms with van der Waals surface area (Å²) in [6.07, 6.45) is 7.06. The molecule has 2 aliphatic rings. The van der Waals surface area contributed by atoms with E-state index in [-0.39, 0.29) is 11.5 Å². The van der Waals surface area contributed by atoms with Gasteiger partial charge < -0.3 is 9.30 Å². The number of carbonyl (C=O) groups excluding carboxylic acids is 1. The molecule has 1 aromatic carbocycles. The van der Waals surface area contributed by atoms with E-state index < -0.39 is 5.60 Å². The number of nitrogens with zero attached hydrogens (tertiary/aromatic N) is 6. The molecule has 2 fully saturated rings. The normalized spacial score (nSPS) is 25.4. The highest BCUT2D eigenvalue weighted by Crippen LogP contribution is 2.48. The van der Waals surface area contributed by atoms with Crippen molar-refractivity contribution in [1.29, 1.82) is 5.26 Å². The van der Waals surface area contributed by atoms with Gasteiger partial charge >= 0.3 is 6.09 Å². The SMILES string of the molecule is CCn1ncc(N2C[C@@]3(CCC[C@](C)(Cn4cnc5ccc(C#N)cc54)C3)OC2=O)c1C. The van der Waals surface area contributed by atoms with Gasteiger partial charge in [-0.25, -0.2) is 9.78 Å². The number of nitriles is 1. The molecule has 0 unspecified atom stereocenters. The first kappa shape index (κ1) is 20.6. The average Bonchev–Trinajstić information content (AvgIpc) is 3.42. The third kappa shape index (κ3) is 3.32. The summed E-state index contributed by atoms with van der Waals surface area (Å²) >= 11 is 0. The molecule has 1 aliphatic carbocycles. The number of anilines is 1. The van der Waals surface area contributed by atoms with Crippen LogP contribution in [0.25, 0.3) is 11.0 Å². The lowest BCUT2D eigenvalue weighted by molar-refractivity contribution is -0.0264. The molecular weight excluding hydrogens is 404 g/mol. The fraction of sp³-hybridized carbons (Fsp3) is 0.500. The third-order valence-electron chi connectivity index (χ3n) is 7.10. The minimum atomic E-state index is -0.487. The maximum atomic E-state index is 12.9. The number of imidazole rings is 1. The zero-order valence-corrected chi connectivity index (χ0v) is 18.8. The Labute approximate surface area is 187 Å². The van der Waals surface area contributed by atoms with Crippen molar-refractivity contribution in [1.82, 2.24) is 19.3 Å². The van der Waals surface area contributed by atoms with Crippen LogP contribution in [0, 0.1) is 23.7 Å². The van der Waals surface area contributed by atoms with Crippen LogP contribution in [-0.4, -0.2) is 37.6 Å². The number of amides is 1. The quantitative estimate of drug-likeness (QED) is 0.609. The molecule has 3 aromatic rings. The van der Waals surface area contributed by atoms with Gasteiger partial charge in [-0.2, -0.15) is 10.4 Å². The minimum Gasteiger partial charge on any atom is -0.441 e. The van der Waals surface area contributed by atoms with Crippen LogP contribution in [0.3, 0.4) is 0 Å². The summed E-state index contributed by atoms with van der Waals surface area (Å²) in [4.78, 5) is 19.2. The Morgan fingerprint density at radius 3 is 2.91 bits per heavy atom. The third-order valence-corrected chi connectivity index (χ3v) is 7.10. The lowest BCUT2D eigenvalue weighted by atomic mass is 9.68. The number of rotatable bonds is 4. The smallest absolute Gasteiger partial charge is 0.415 e. The highest BCUT2D eigenvalue weighted by molar-refractivity contribution is 5.90. The maximum absolute atomic E-state index is 12.9. The van der Waals surface area contributed by atoms with Gasteiger partial charge in [0, 0.05) is 13.1 Å². The number of benzene rings is 1. The first-order valence-corrected chi connectivity index (χ1v) is 11.2. The highest BCUT2D eigenvalue weighted by atomic mass is 16.6. The Kier molecular flexibility index (Phi) is 4.73. The molecule has 3 heterocycles. The van der Waals surface area contributed by atoms with Crippen LogP contribution in [0.2, 0.25) is 0 Å². The van der Waals surface area contributed by atoms with Crippen LogP contribution in [0.1, 0.15) is 50.8 Å². The number of ether oxygens (including phenoxy) is 1. The van der Waals surface area contributed by atoms with E-state index in [0.29, 0.717) is 12.1 Å². The van der Waals surface area contributed by atoms with Gasteiger partial charge in [-0.05, 0) is 63.1 Å². The van der Waals surface area contributed by atoms with Crippen LogP contribution < -0.4 is 4.90 Å². The molecule has 166 valence electrons. The molecule has 0 N–H and O–H groups in total. The molecular formula is C24H28N6O2. The Morgan fingerprint density at radius 1 is 1.31 bits per heavy atom. The molecule has 1 aliphatic heterocycles. The number of aryl methyl sites for hydroxylation is 1. The standard InChI is InChI=1S/C24H28N6O2/c1-4-30-17(2)21(12-27-30)29-15-24(32-22(29)31)9-5-8-23(3,13-24)14-28-16-26-19-7-6-18(11-25)10-20(19)28/h6-7,10,12,16H,4-5,8-9,13-15H2,1-3H3/t23-,24-/m0/s1. The summed E-state index contributed by atoms with van der Waals surface area (Å²) in [5.74, 6) is 0.